The first-order valence-electron chi connectivity index (χ1n) is 29.2. The van der Waals surface area contributed by atoms with E-state index < -0.39 is 6.10 Å². The molecule has 0 spiro atoms. The van der Waals surface area contributed by atoms with E-state index in [4.69, 9.17) is 14.2 Å². The monoisotopic (exact) mass is 973 g/mol. The van der Waals surface area contributed by atoms with Gasteiger partial charge in [0.15, 0.2) is 6.10 Å². The van der Waals surface area contributed by atoms with E-state index in [2.05, 4.69) is 118 Å². The molecule has 0 rings (SSSR count). The summed E-state index contributed by atoms with van der Waals surface area (Å²) in [7, 11) is 0. The number of hydrogen-bond donors (Lipinski definition) is 0. The molecule has 1 atom stereocenters. The molecule has 0 aromatic heterocycles. The lowest BCUT2D eigenvalue weighted by Gasteiger charge is -2.18. The summed E-state index contributed by atoms with van der Waals surface area (Å²) in [4.78, 5) is 38.2. The zero-order chi connectivity index (χ0) is 50.7. The van der Waals surface area contributed by atoms with Crippen LogP contribution in [0.2, 0.25) is 0 Å². The topological polar surface area (TPSA) is 78.9 Å². The molecule has 0 heterocycles. The van der Waals surface area contributed by atoms with Gasteiger partial charge < -0.3 is 14.2 Å². The van der Waals surface area contributed by atoms with Crippen molar-refractivity contribution in [2.75, 3.05) is 13.2 Å². The Bertz CT molecular complexity index is 1400. The second-order valence-electron chi connectivity index (χ2n) is 19.2. The van der Waals surface area contributed by atoms with Crippen molar-refractivity contribution in [1.29, 1.82) is 0 Å². The number of carbonyl (C=O) groups is 3. The van der Waals surface area contributed by atoms with Crippen LogP contribution in [-0.4, -0.2) is 37.2 Å². The van der Waals surface area contributed by atoms with Crippen LogP contribution in [0, 0.1) is 0 Å². The van der Waals surface area contributed by atoms with Crippen molar-refractivity contribution in [1.82, 2.24) is 0 Å². The highest BCUT2D eigenvalue weighted by Gasteiger charge is 2.19. The highest BCUT2D eigenvalue weighted by molar-refractivity contribution is 5.71. The van der Waals surface area contributed by atoms with Crippen molar-refractivity contribution in [3.63, 3.8) is 0 Å². The predicted octanol–water partition coefficient (Wildman–Crippen LogP) is 19.7. The number of carbonyl (C=O) groups excluding carboxylic acids is 3. The molecular formula is C64H108O6. The summed E-state index contributed by atoms with van der Waals surface area (Å²) in [6.45, 7) is 6.45. The third kappa shape index (κ3) is 55.3. The summed E-state index contributed by atoms with van der Waals surface area (Å²) in [5.74, 6) is -0.940. The van der Waals surface area contributed by atoms with Gasteiger partial charge in [-0.25, -0.2) is 0 Å². The Morgan fingerprint density at radius 2 is 0.571 bits per heavy atom. The van der Waals surface area contributed by atoms with E-state index in [0.717, 1.165) is 122 Å². The van der Waals surface area contributed by atoms with Gasteiger partial charge in [-0.2, -0.15) is 0 Å². The minimum atomic E-state index is -0.800. The summed E-state index contributed by atoms with van der Waals surface area (Å²) in [5.41, 5.74) is 0. The SMILES string of the molecule is CC/C=C/C/C=C/C/C=C/C/C=C/C/C=C/CCCCCC(=O)OC[C@@H](COC(=O)CCCCCCC/C=C/C/C=C/CCCC)OC(=O)CCCCCCCCCCC/C=C/CCCCCCCC. The van der Waals surface area contributed by atoms with Crippen LogP contribution in [-0.2, 0) is 28.6 Å². The largest absolute Gasteiger partial charge is 0.462 e. The summed E-state index contributed by atoms with van der Waals surface area (Å²) in [6, 6.07) is 0. The van der Waals surface area contributed by atoms with Gasteiger partial charge in [-0.3, -0.25) is 14.4 Å². The first kappa shape index (κ1) is 66.3. The molecule has 400 valence electrons. The van der Waals surface area contributed by atoms with E-state index in [1.807, 2.05) is 0 Å². The van der Waals surface area contributed by atoms with Crippen LogP contribution >= 0.6 is 0 Å². The molecule has 0 amide bonds. The van der Waals surface area contributed by atoms with Crippen LogP contribution in [0.15, 0.2) is 97.2 Å². The van der Waals surface area contributed by atoms with Gasteiger partial charge in [0, 0.05) is 19.3 Å². The number of hydrogen-bond acceptors (Lipinski definition) is 6. The second-order valence-corrected chi connectivity index (χ2v) is 19.2. The molecule has 0 aliphatic rings. The lowest BCUT2D eigenvalue weighted by atomic mass is 10.1. The minimum Gasteiger partial charge on any atom is -0.462 e. The highest BCUT2D eigenvalue weighted by atomic mass is 16.6. The molecule has 0 saturated carbocycles. The first-order chi connectivity index (χ1) is 34.5. The van der Waals surface area contributed by atoms with Crippen molar-refractivity contribution >= 4 is 17.9 Å². The molecule has 0 aliphatic heterocycles. The van der Waals surface area contributed by atoms with Gasteiger partial charge in [-0.15, -0.1) is 0 Å². The van der Waals surface area contributed by atoms with Gasteiger partial charge in [0.25, 0.3) is 0 Å². The molecule has 0 saturated heterocycles. The van der Waals surface area contributed by atoms with Crippen LogP contribution in [0.5, 0.6) is 0 Å². The summed E-state index contributed by atoms with van der Waals surface area (Å²) < 4.78 is 16.8. The third-order valence-corrected chi connectivity index (χ3v) is 12.3. The number of unbranched alkanes of at least 4 members (excludes halogenated alkanes) is 25. The number of allylic oxidation sites excluding steroid dienone is 16. The summed E-state index contributed by atoms with van der Waals surface area (Å²) >= 11 is 0. The van der Waals surface area contributed by atoms with Gasteiger partial charge in [-0.1, -0.05) is 234 Å². The molecule has 6 heteroatoms. The molecule has 0 N–H and O–H groups in total. The van der Waals surface area contributed by atoms with Crippen LogP contribution in [0.1, 0.15) is 271 Å². The van der Waals surface area contributed by atoms with Crippen LogP contribution in [0.3, 0.4) is 0 Å². The van der Waals surface area contributed by atoms with E-state index >= 15 is 0 Å². The zero-order valence-corrected chi connectivity index (χ0v) is 45.8. The van der Waals surface area contributed by atoms with Crippen LogP contribution in [0.25, 0.3) is 0 Å². The molecule has 0 fully saturated rings. The molecule has 70 heavy (non-hydrogen) atoms. The minimum absolute atomic E-state index is 0.0965. The number of ether oxygens (including phenoxy) is 3. The fourth-order valence-electron chi connectivity index (χ4n) is 7.89. The van der Waals surface area contributed by atoms with Crippen LogP contribution < -0.4 is 0 Å². The average molecular weight is 974 g/mol. The van der Waals surface area contributed by atoms with E-state index in [9.17, 15) is 14.4 Å². The normalized spacial score (nSPS) is 12.8. The maximum Gasteiger partial charge on any atom is 0.306 e. The second kappa shape index (κ2) is 57.9. The van der Waals surface area contributed by atoms with Crippen molar-refractivity contribution in [3.8, 4) is 0 Å². The number of esters is 3. The molecule has 0 aromatic rings. The van der Waals surface area contributed by atoms with Crippen molar-refractivity contribution < 1.29 is 28.6 Å². The summed E-state index contributed by atoms with van der Waals surface area (Å²) in [6.07, 6.45) is 76.8. The fourth-order valence-corrected chi connectivity index (χ4v) is 7.89. The molecular weight excluding hydrogens is 865 g/mol. The predicted molar refractivity (Wildman–Crippen MR) is 302 cm³/mol. The van der Waals surface area contributed by atoms with Gasteiger partial charge in [0.1, 0.15) is 13.2 Å². The Hall–Kier alpha value is -3.67. The van der Waals surface area contributed by atoms with Gasteiger partial charge in [0.05, 0.1) is 0 Å². The van der Waals surface area contributed by atoms with E-state index in [-0.39, 0.29) is 31.1 Å². The molecule has 0 aliphatic carbocycles. The van der Waals surface area contributed by atoms with Crippen LogP contribution in [0.4, 0.5) is 0 Å². The van der Waals surface area contributed by atoms with Crippen molar-refractivity contribution in [3.05, 3.63) is 97.2 Å². The maximum atomic E-state index is 12.9. The lowest BCUT2D eigenvalue weighted by molar-refractivity contribution is -0.167. The van der Waals surface area contributed by atoms with Gasteiger partial charge >= 0.3 is 17.9 Å². The zero-order valence-electron chi connectivity index (χ0n) is 45.8. The molecule has 0 radical (unpaired) electrons. The lowest BCUT2D eigenvalue weighted by Crippen LogP contribution is -2.30. The van der Waals surface area contributed by atoms with Crippen molar-refractivity contribution in [2.24, 2.45) is 0 Å². The molecule has 0 bridgehead atoms. The summed E-state index contributed by atoms with van der Waals surface area (Å²) in [5, 5.41) is 0. The highest BCUT2D eigenvalue weighted by Crippen LogP contribution is 2.15. The van der Waals surface area contributed by atoms with Gasteiger partial charge in [-0.05, 0) is 116 Å². The molecule has 0 aromatic carbocycles. The smallest absolute Gasteiger partial charge is 0.306 e. The Kier molecular flexibility index (Phi) is 54.9. The molecule has 6 nitrogen and oxygen atoms in total. The third-order valence-electron chi connectivity index (χ3n) is 12.3. The average Bonchev–Trinajstić information content (AvgIpc) is 3.36. The first-order valence-corrected chi connectivity index (χ1v) is 29.2. The van der Waals surface area contributed by atoms with Crippen molar-refractivity contribution in [2.45, 2.75) is 277 Å². The quantitative estimate of drug-likeness (QED) is 0.0262. The van der Waals surface area contributed by atoms with E-state index in [1.165, 1.54) is 109 Å². The Morgan fingerprint density at radius 3 is 0.943 bits per heavy atom. The Morgan fingerprint density at radius 1 is 0.300 bits per heavy atom. The molecule has 0 unspecified atom stereocenters. The Labute approximate surface area is 432 Å². The fraction of sp³-hybridized carbons (Fsp3) is 0.703. The Balaban J connectivity index is 4.45. The van der Waals surface area contributed by atoms with E-state index in [0.29, 0.717) is 19.3 Å². The number of rotatable bonds is 52. The van der Waals surface area contributed by atoms with E-state index in [1.54, 1.807) is 0 Å². The maximum absolute atomic E-state index is 12.9. The standard InChI is InChI=1S/C64H108O6/c1-4-7-10-13-16-19-22-25-28-30-32-34-36-39-42-45-48-51-54-57-63(66)69-60-61(59-68-62(65)56-53-50-47-44-41-38-27-24-21-18-15-12-9-6-3)70-64(67)58-55-52-49-46-43-40-37-35-33-31-29-26-23-20-17-14-11-8-5-2/h7,10,15-16,18-19,24-29,32,34,39,42,61H,4-6,8-9,11-14,17,20-23,30-31,33,35-38,40-41,43-60H2,1-3H3/b10-7+,18-15+,19-16+,27-24+,28-25+,29-26+,34-32+,42-39+/t61-/m1/s1. The van der Waals surface area contributed by atoms with Gasteiger partial charge in [0.2, 0.25) is 0 Å².